The number of carboxylic acids is 1. The Kier molecular flexibility index (Phi) is 4.23. The Bertz CT molecular complexity index is 545. The van der Waals surface area contributed by atoms with Crippen LogP contribution in [-0.2, 0) is 4.79 Å². The summed E-state index contributed by atoms with van der Waals surface area (Å²) in [7, 11) is 0. The Hall–Kier alpha value is -2.09. The van der Waals surface area contributed by atoms with Crippen LogP contribution in [-0.4, -0.2) is 16.6 Å². The van der Waals surface area contributed by atoms with Gasteiger partial charge in [-0.2, -0.15) is 5.26 Å². The van der Waals surface area contributed by atoms with Crippen LogP contribution in [0.15, 0.2) is 18.2 Å². The van der Waals surface area contributed by atoms with Crippen LogP contribution in [0.5, 0.6) is 0 Å². The molecule has 0 radical (unpaired) electrons. The highest BCUT2D eigenvalue weighted by atomic mass is 19.1. The third kappa shape index (κ3) is 3.27. The van der Waals surface area contributed by atoms with Gasteiger partial charge in [-0.3, -0.25) is 4.79 Å². The van der Waals surface area contributed by atoms with Crippen LogP contribution < -0.4 is 5.32 Å². The summed E-state index contributed by atoms with van der Waals surface area (Å²) in [6, 6.07) is 6.08. The van der Waals surface area contributed by atoms with Gasteiger partial charge in [0.25, 0.3) is 0 Å². The largest absolute Gasteiger partial charge is 0.481 e. The first kappa shape index (κ1) is 14.3. The predicted molar refractivity (Wildman–Crippen MR) is 72.8 cm³/mol. The number of benzene rings is 1. The van der Waals surface area contributed by atoms with Crippen molar-refractivity contribution in [3.05, 3.63) is 29.6 Å². The molecule has 4 nitrogen and oxygen atoms in total. The van der Waals surface area contributed by atoms with Crippen molar-refractivity contribution in [2.75, 3.05) is 5.32 Å². The minimum atomic E-state index is -0.881. The second-order valence-corrected chi connectivity index (χ2v) is 5.34. The molecule has 1 aliphatic carbocycles. The molecule has 0 aliphatic heterocycles. The third-order valence-electron chi connectivity index (χ3n) is 3.80. The van der Waals surface area contributed by atoms with Gasteiger partial charge in [-0.05, 0) is 31.0 Å². The fraction of sp³-hybridized carbons (Fsp3) is 0.467. The Balaban J connectivity index is 2.23. The van der Waals surface area contributed by atoms with Crippen LogP contribution in [0.3, 0.4) is 0 Å². The van der Waals surface area contributed by atoms with Crippen molar-refractivity contribution in [1.29, 1.82) is 5.26 Å². The van der Waals surface area contributed by atoms with E-state index in [1.165, 1.54) is 18.2 Å². The van der Waals surface area contributed by atoms with E-state index < -0.39 is 17.3 Å². The molecule has 2 N–H and O–H groups in total. The molecule has 2 rings (SSSR count). The first-order chi connectivity index (χ1) is 9.54. The summed E-state index contributed by atoms with van der Waals surface area (Å²) >= 11 is 0. The van der Waals surface area contributed by atoms with Gasteiger partial charge in [-0.1, -0.05) is 19.3 Å². The molecule has 20 heavy (non-hydrogen) atoms. The molecule has 0 bridgehead atoms. The summed E-state index contributed by atoms with van der Waals surface area (Å²) in [5.41, 5.74) is -0.0600. The van der Waals surface area contributed by atoms with E-state index in [-0.39, 0.29) is 17.7 Å². The standard InChI is InChI=1S/C15H17FN2O2/c16-12-8-11(10-17)4-5-13(12)18-15(9-14(19)20)6-2-1-3-7-15/h4-5,8,18H,1-3,6-7,9H2,(H,19,20). The molecule has 0 unspecified atom stereocenters. The first-order valence-electron chi connectivity index (χ1n) is 6.74. The zero-order valence-electron chi connectivity index (χ0n) is 11.2. The molecule has 1 fully saturated rings. The van der Waals surface area contributed by atoms with Crippen molar-refractivity contribution in [2.24, 2.45) is 0 Å². The Morgan fingerprint density at radius 2 is 2.10 bits per heavy atom. The minimum absolute atomic E-state index is 0.0214. The number of nitriles is 1. The Labute approximate surface area is 117 Å². The van der Waals surface area contributed by atoms with E-state index in [1.54, 1.807) is 0 Å². The van der Waals surface area contributed by atoms with E-state index in [2.05, 4.69) is 5.32 Å². The quantitative estimate of drug-likeness (QED) is 0.885. The van der Waals surface area contributed by atoms with Gasteiger partial charge in [0.1, 0.15) is 5.82 Å². The molecule has 0 saturated heterocycles. The second-order valence-electron chi connectivity index (χ2n) is 5.34. The molecule has 1 aromatic rings. The molecule has 0 heterocycles. The van der Waals surface area contributed by atoms with Crippen molar-refractivity contribution in [3.8, 4) is 6.07 Å². The number of hydrogen-bond donors (Lipinski definition) is 2. The topological polar surface area (TPSA) is 73.1 Å². The highest BCUT2D eigenvalue weighted by Gasteiger charge is 2.34. The number of aliphatic carboxylic acids is 1. The Morgan fingerprint density at radius 3 is 2.65 bits per heavy atom. The average Bonchev–Trinajstić information content (AvgIpc) is 2.41. The van der Waals surface area contributed by atoms with Crippen LogP contribution in [0.25, 0.3) is 0 Å². The number of rotatable bonds is 4. The van der Waals surface area contributed by atoms with E-state index in [4.69, 9.17) is 10.4 Å². The molecule has 1 aromatic carbocycles. The monoisotopic (exact) mass is 276 g/mol. The molecular weight excluding hydrogens is 259 g/mol. The molecule has 0 aromatic heterocycles. The Morgan fingerprint density at radius 1 is 1.40 bits per heavy atom. The number of nitrogens with one attached hydrogen (secondary N) is 1. The molecule has 0 spiro atoms. The summed E-state index contributed by atoms with van der Waals surface area (Å²) in [5.74, 6) is -1.40. The first-order valence-corrected chi connectivity index (χ1v) is 6.74. The van der Waals surface area contributed by atoms with Crippen molar-refractivity contribution >= 4 is 11.7 Å². The number of halogens is 1. The number of carbonyl (C=O) groups is 1. The lowest BCUT2D eigenvalue weighted by Crippen LogP contribution is -2.42. The van der Waals surface area contributed by atoms with E-state index in [0.717, 1.165) is 32.1 Å². The maximum atomic E-state index is 13.9. The molecular formula is C15H17FN2O2. The summed E-state index contributed by atoms with van der Waals surface area (Å²) in [5, 5.41) is 20.9. The van der Waals surface area contributed by atoms with Crippen LogP contribution in [0.4, 0.5) is 10.1 Å². The van der Waals surface area contributed by atoms with Crippen molar-refractivity contribution < 1.29 is 14.3 Å². The lowest BCUT2D eigenvalue weighted by molar-refractivity contribution is -0.138. The smallest absolute Gasteiger partial charge is 0.305 e. The molecule has 1 aliphatic rings. The zero-order chi connectivity index (χ0) is 14.6. The SMILES string of the molecule is N#Cc1ccc(NC2(CC(=O)O)CCCCC2)c(F)c1. The zero-order valence-corrected chi connectivity index (χ0v) is 11.2. The minimum Gasteiger partial charge on any atom is -0.481 e. The van der Waals surface area contributed by atoms with Gasteiger partial charge in [-0.25, -0.2) is 4.39 Å². The van der Waals surface area contributed by atoms with Gasteiger partial charge < -0.3 is 10.4 Å². The lowest BCUT2D eigenvalue weighted by Gasteiger charge is -2.38. The van der Waals surface area contributed by atoms with Gasteiger partial charge in [0.15, 0.2) is 0 Å². The molecule has 0 atom stereocenters. The van der Waals surface area contributed by atoms with Crippen molar-refractivity contribution in [2.45, 2.75) is 44.1 Å². The van der Waals surface area contributed by atoms with Crippen LogP contribution >= 0.6 is 0 Å². The van der Waals surface area contributed by atoms with Gasteiger partial charge in [0.2, 0.25) is 0 Å². The molecule has 1 saturated carbocycles. The second kappa shape index (κ2) is 5.91. The summed E-state index contributed by atoms with van der Waals surface area (Å²) in [4.78, 5) is 11.1. The number of anilines is 1. The lowest BCUT2D eigenvalue weighted by atomic mass is 9.79. The fourth-order valence-corrected chi connectivity index (χ4v) is 2.84. The highest BCUT2D eigenvalue weighted by Crippen LogP contribution is 2.35. The van der Waals surface area contributed by atoms with E-state index >= 15 is 0 Å². The third-order valence-corrected chi connectivity index (χ3v) is 3.80. The van der Waals surface area contributed by atoms with E-state index in [0.29, 0.717) is 0 Å². The summed E-state index contributed by atoms with van der Waals surface area (Å²) in [6.07, 6.45) is 4.39. The molecule has 0 amide bonds. The van der Waals surface area contributed by atoms with E-state index in [9.17, 15) is 9.18 Å². The summed E-state index contributed by atoms with van der Waals surface area (Å²) in [6.45, 7) is 0. The van der Waals surface area contributed by atoms with Crippen LogP contribution in [0.2, 0.25) is 0 Å². The van der Waals surface area contributed by atoms with Gasteiger partial charge in [0.05, 0.1) is 23.7 Å². The average molecular weight is 276 g/mol. The van der Waals surface area contributed by atoms with Crippen LogP contribution in [0, 0.1) is 17.1 Å². The summed E-state index contributed by atoms with van der Waals surface area (Å²) < 4.78 is 13.9. The number of nitrogens with zero attached hydrogens (tertiary/aromatic N) is 1. The van der Waals surface area contributed by atoms with Crippen LogP contribution in [0.1, 0.15) is 44.1 Å². The maximum Gasteiger partial charge on any atom is 0.305 e. The highest BCUT2D eigenvalue weighted by molar-refractivity contribution is 5.69. The maximum absolute atomic E-state index is 13.9. The molecule has 106 valence electrons. The molecule has 5 heteroatoms. The van der Waals surface area contributed by atoms with Crippen molar-refractivity contribution in [1.82, 2.24) is 0 Å². The normalized spacial score (nSPS) is 17.2. The number of hydrogen-bond acceptors (Lipinski definition) is 3. The van der Waals surface area contributed by atoms with Gasteiger partial charge >= 0.3 is 5.97 Å². The van der Waals surface area contributed by atoms with Crippen molar-refractivity contribution in [3.63, 3.8) is 0 Å². The number of carboxylic acid groups (broad SMARTS) is 1. The fourth-order valence-electron chi connectivity index (χ4n) is 2.84. The van der Waals surface area contributed by atoms with Gasteiger partial charge in [0, 0.05) is 5.54 Å². The van der Waals surface area contributed by atoms with E-state index in [1.807, 2.05) is 6.07 Å². The predicted octanol–water partition coefficient (Wildman–Crippen LogP) is 3.29. The van der Waals surface area contributed by atoms with Gasteiger partial charge in [-0.15, -0.1) is 0 Å².